The van der Waals surface area contributed by atoms with Gasteiger partial charge in [0.2, 0.25) is 0 Å². The number of unbranched alkanes of at least 4 members (excludes halogenated alkanes) is 34. The predicted octanol–water partition coefficient (Wildman–Crippen LogP) is 21.3. The zero-order valence-corrected chi connectivity index (χ0v) is 48.4. The van der Waals surface area contributed by atoms with E-state index in [1.165, 1.54) is 186 Å². The van der Waals surface area contributed by atoms with E-state index in [1.54, 1.807) is 0 Å². The van der Waals surface area contributed by atoms with E-state index in [-0.39, 0.29) is 31.1 Å². The number of carbonyl (C=O) groups excluding carboxylic acids is 3. The summed E-state index contributed by atoms with van der Waals surface area (Å²) in [4.78, 5) is 38.2. The molecule has 0 aromatic carbocycles. The van der Waals surface area contributed by atoms with Crippen LogP contribution in [0.15, 0.2) is 72.9 Å². The smallest absolute Gasteiger partial charge is 0.306 e. The fourth-order valence-electron chi connectivity index (χ4n) is 8.94. The average molecular weight is 1020 g/mol. The highest BCUT2D eigenvalue weighted by Crippen LogP contribution is 2.16. The second kappa shape index (κ2) is 61.4. The zero-order chi connectivity index (χ0) is 52.9. The lowest BCUT2D eigenvalue weighted by Gasteiger charge is -2.18. The van der Waals surface area contributed by atoms with E-state index in [4.69, 9.17) is 14.2 Å². The summed E-state index contributed by atoms with van der Waals surface area (Å²) in [5, 5.41) is 0. The van der Waals surface area contributed by atoms with Crippen LogP contribution in [0.4, 0.5) is 0 Å². The number of ether oxygens (including phenoxy) is 3. The van der Waals surface area contributed by atoms with E-state index >= 15 is 0 Å². The third-order valence-corrected chi connectivity index (χ3v) is 13.7. The molecule has 0 rings (SSSR count). The highest BCUT2D eigenvalue weighted by molar-refractivity contribution is 5.71. The van der Waals surface area contributed by atoms with Crippen molar-refractivity contribution in [2.24, 2.45) is 0 Å². The molecule has 0 aromatic heterocycles. The Labute approximate surface area is 453 Å². The van der Waals surface area contributed by atoms with Crippen molar-refractivity contribution in [3.63, 3.8) is 0 Å². The summed E-state index contributed by atoms with van der Waals surface area (Å²) in [5.41, 5.74) is 0. The second-order valence-corrected chi connectivity index (χ2v) is 20.9. The van der Waals surface area contributed by atoms with Gasteiger partial charge in [-0.25, -0.2) is 0 Å². The largest absolute Gasteiger partial charge is 0.462 e. The third-order valence-electron chi connectivity index (χ3n) is 13.7. The number of hydrogen-bond acceptors (Lipinski definition) is 6. The number of carbonyl (C=O) groups is 3. The molecular formula is C67H118O6. The lowest BCUT2D eigenvalue weighted by molar-refractivity contribution is -0.167. The summed E-state index contributed by atoms with van der Waals surface area (Å²) in [6.07, 6.45) is 79.1. The standard InChI is InChI=1S/C67H118O6/c1-4-7-10-13-16-19-22-24-26-28-30-31-32-33-34-35-37-38-40-42-45-48-51-54-57-60-66(69)72-63-64(62-71-65(68)59-56-53-50-47-44-21-18-15-12-9-6-3)73-67(70)61-58-55-52-49-46-43-41-39-36-29-27-25-23-20-17-14-11-8-5-2/h7,10,15-16,18-19,24-27,30-31,64H,4-6,8-9,11-14,17,20-23,28-29,32-63H2,1-3H3/b10-7-,18-15-,19-16-,26-24-,27-25-,31-30-. The van der Waals surface area contributed by atoms with Crippen molar-refractivity contribution in [1.82, 2.24) is 0 Å². The Morgan fingerprint density at radius 3 is 0.890 bits per heavy atom. The molecule has 0 saturated heterocycles. The van der Waals surface area contributed by atoms with E-state index < -0.39 is 6.10 Å². The van der Waals surface area contributed by atoms with Crippen LogP contribution in [0.3, 0.4) is 0 Å². The first-order valence-electron chi connectivity index (χ1n) is 31.4. The summed E-state index contributed by atoms with van der Waals surface area (Å²) >= 11 is 0. The monoisotopic (exact) mass is 1020 g/mol. The molecular weight excluding hydrogens is 901 g/mol. The molecule has 0 spiro atoms. The van der Waals surface area contributed by atoms with Gasteiger partial charge < -0.3 is 14.2 Å². The molecule has 0 saturated carbocycles. The van der Waals surface area contributed by atoms with E-state index in [9.17, 15) is 14.4 Å². The van der Waals surface area contributed by atoms with Gasteiger partial charge in [-0.15, -0.1) is 0 Å². The van der Waals surface area contributed by atoms with Crippen molar-refractivity contribution < 1.29 is 28.6 Å². The highest BCUT2D eigenvalue weighted by Gasteiger charge is 2.19. The van der Waals surface area contributed by atoms with Gasteiger partial charge in [0.15, 0.2) is 6.10 Å². The fraction of sp³-hybridized carbons (Fsp3) is 0.776. The van der Waals surface area contributed by atoms with E-state index in [0.717, 1.165) is 89.9 Å². The van der Waals surface area contributed by atoms with E-state index in [2.05, 4.69) is 93.7 Å². The van der Waals surface area contributed by atoms with Gasteiger partial charge in [-0.05, 0) is 103 Å². The Morgan fingerprint density at radius 2 is 0.548 bits per heavy atom. The lowest BCUT2D eigenvalue weighted by Crippen LogP contribution is -2.30. The molecule has 0 amide bonds. The molecule has 0 fully saturated rings. The van der Waals surface area contributed by atoms with Crippen LogP contribution in [0, 0.1) is 0 Å². The Hall–Kier alpha value is -3.15. The molecule has 0 aliphatic carbocycles. The van der Waals surface area contributed by atoms with Gasteiger partial charge in [-0.1, -0.05) is 267 Å². The molecule has 6 nitrogen and oxygen atoms in total. The van der Waals surface area contributed by atoms with Crippen molar-refractivity contribution >= 4 is 17.9 Å². The van der Waals surface area contributed by atoms with Crippen LogP contribution in [0.2, 0.25) is 0 Å². The maximum absolute atomic E-state index is 12.9. The van der Waals surface area contributed by atoms with Gasteiger partial charge in [0.1, 0.15) is 13.2 Å². The Balaban J connectivity index is 4.26. The molecule has 6 heteroatoms. The van der Waals surface area contributed by atoms with Gasteiger partial charge in [-0.2, -0.15) is 0 Å². The highest BCUT2D eigenvalue weighted by atomic mass is 16.6. The summed E-state index contributed by atoms with van der Waals surface area (Å²) in [5.74, 6) is -0.879. The van der Waals surface area contributed by atoms with Crippen molar-refractivity contribution in [2.75, 3.05) is 13.2 Å². The van der Waals surface area contributed by atoms with Crippen LogP contribution in [0.25, 0.3) is 0 Å². The van der Waals surface area contributed by atoms with Crippen LogP contribution < -0.4 is 0 Å². The first-order chi connectivity index (χ1) is 36.0. The minimum absolute atomic E-state index is 0.0779. The quantitative estimate of drug-likeness (QED) is 0.0261. The molecule has 0 radical (unpaired) electrons. The fourth-order valence-corrected chi connectivity index (χ4v) is 8.94. The van der Waals surface area contributed by atoms with Gasteiger partial charge in [0.25, 0.3) is 0 Å². The Morgan fingerprint density at radius 1 is 0.288 bits per heavy atom. The van der Waals surface area contributed by atoms with Crippen LogP contribution in [0.1, 0.15) is 316 Å². The molecule has 0 N–H and O–H groups in total. The molecule has 422 valence electrons. The van der Waals surface area contributed by atoms with E-state index in [0.29, 0.717) is 19.3 Å². The SMILES string of the molecule is CC/C=C\C/C=C\C/C=C\C/C=C\CCCCCCCCCCCCCCC(=O)OCC(COC(=O)CCCCCCC/C=C\CCCC)OC(=O)CCCCCCCCCCC/C=C\CCCCCCCC. The Kier molecular flexibility index (Phi) is 58.7. The van der Waals surface area contributed by atoms with Gasteiger partial charge in [-0.3, -0.25) is 14.4 Å². The second-order valence-electron chi connectivity index (χ2n) is 20.9. The molecule has 0 bridgehead atoms. The first kappa shape index (κ1) is 69.8. The molecule has 1 atom stereocenters. The number of allylic oxidation sites excluding steroid dienone is 12. The van der Waals surface area contributed by atoms with E-state index in [1.807, 2.05) is 0 Å². The van der Waals surface area contributed by atoms with Crippen molar-refractivity contribution in [2.45, 2.75) is 322 Å². The summed E-state index contributed by atoms with van der Waals surface area (Å²) in [7, 11) is 0. The summed E-state index contributed by atoms with van der Waals surface area (Å²) in [6.45, 7) is 6.51. The topological polar surface area (TPSA) is 78.9 Å². The van der Waals surface area contributed by atoms with Crippen LogP contribution in [-0.4, -0.2) is 37.2 Å². The normalized spacial score (nSPS) is 12.5. The third kappa shape index (κ3) is 59.6. The number of rotatable bonds is 57. The van der Waals surface area contributed by atoms with Crippen molar-refractivity contribution in [3.8, 4) is 0 Å². The van der Waals surface area contributed by atoms with Gasteiger partial charge in [0.05, 0.1) is 0 Å². The molecule has 0 aliphatic rings. The van der Waals surface area contributed by atoms with Gasteiger partial charge in [0, 0.05) is 19.3 Å². The van der Waals surface area contributed by atoms with Crippen molar-refractivity contribution in [1.29, 1.82) is 0 Å². The molecule has 0 aliphatic heterocycles. The minimum atomic E-state index is -0.780. The maximum atomic E-state index is 12.9. The maximum Gasteiger partial charge on any atom is 0.306 e. The van der Waals surface area contributed by atoms with Crippen LogP contribution >= 0.6 is 0 Å². The summed E-state index contributed by atoms with van der Waals surface area (Å²) in [6, 6.07) is 0. The zero-order valence-electron chi connectivity index (χ0n) is 48.4. The van der Waals surface area contributed by atoms with Crippen LogP contribution in [0.5, 0.6) is 0 Å². The molecule has 1 unspecified atom stereocenters. The number of hydrogen-bond donors (Lipinski definition) is 0. The first-order valence-corrected chi connectivity index (χ1v) is 31.4. The van der Waals surface area contributed by atoms with Gasteiger partial charge >= 0.3 is 17.9 Å². The van der Waals surface area contributed by atoms with Crippen LogP contribution in [-0.2, 0) is 28.6 Å². The molecule has 0 aromatic rings. The van der Waals surface area contributed by atoms with Crippen molar-refractivity contribution in [3.05, 3.63) is 72.9 Å². The lowest BCUT2D eigenvalue weighted by atomic mass is 10.0. The number of esters is 3. The molecule has 73 heavy (non-hydrogen) atoms. The predicted molar refractivity (Wildman–Crippen MR) is 316 cm³/mol. The molecule has 0 heterocycles. The Bertz CT molecular complexity index is 1360. The average Bonchev–Trinajstić information content (AvgIpc) is 3.39. The summed E-state index contributed by atoms with van der Waals surface area (Å²) < 4.78 is 16.9. The minimum Gasteiger partial charge on any atom is -0.462 e.